The van der Waals surface area contributed by atoms with Crippen molar-refractivity contribution >= 4 is 17.7 Å². The van der Waals surface area contributed by atoms with Crippen LogP contribution in [0.2, 0.25) is 0 Å². The lowest BCUT2D eigenvalue weighted by atomic mass is 9.95. The molecule has 106 valence electrons. The second kappa shape index (κ2) is 6.96. The summed E-state index contributed by atoms with van der Waals surface area (Å²) in [6.45, 7) is 1.25. The number of imidazole rings is 1. The fourth-order valence-electron chi connectivity index (χ4n) is 2.45. The minimum atomic E-state index is -0.0663. The van der Waals surface area contributed by atoms with Crippen LogP contribution < -0.4 is 11.1 Å². The Bertz CT molecular complexity index is 413. The van der Waals surface area contributed by atoms with Crippen LogP contribution in [-0.2, 0) is 6.54 Å². The van der Waals surface area contributed by atoms with Gasteiger partial charge in [-0.25, -0.2) is 4.98 Å². The van der Waals surface area contributed by atoms with Crippen molar-refractivity contribution in [3.8, 4) is 0 Å². The fraction of sp³-hybridized carbons (Fsp3) is 0.692. The van der Waals surface area contributed by atoms with E-state index in [1.807, 2.05) is 16.3 Å². The van der Waals surface area contributed by atoms with Crippen LogP contribution in [0.25, 0.3) is 0 Å². The van der Waals surface area contributed by atoms with E-state index in [1.54, 1.807) is 12.5 Å². The van der Waals surface area contributed by atoms with Gasteiger partial charge in [0.2, 0.25) is 0 Å². The van der Waals surface area contributed by atoms with Crippen molar-refractivity contribution in [3.05, 3.63) is 18.2 Å². The maximum Gasteiger partial charge on any atom is 0.271 e. The quantitative estimate of drug-likeness (QED) is 0.852. The lowest BCUT2D eigenvalue weighted by Gasteiger charge is -2.27. The fourth-order valence-corrected chi connectivity index (χ4v) is 3.19. The maximum absolute atomic E-state index is 12.1. The van der Waals surface area contributed by atoms with Crippen LogP contribution in [0.5, 0.6) is 0 Å². The van der Waals surface area contributed by atoms with E-state index in [1.165, 1.54) is 12.8 Å². The molecule has 1 heterocycles. The van der Waals surface area contributed by atoms with Crippen molar-refractivity contribution in [2.75, 3.05) is 12.8 Å². The third-order valence-corrected chi connectivity index (χ3v) is 4.73. The number of aromatic nitrogens is 2. The van der Waals surface area contributed by atoms with Crippen molar-refractivity contribution in [1.82, 2.24) is 14.9 Å². The standard InChI is InChI=1S/C13H22N4OS/c1-19-11-4-2-10(3-5-11)16-13(18)12-8-17(7-6-14)9-15-12/h8-11H,2-7,14H2,1H3,(H,16,18). The van der Waals surface area contributed by atoms with Crippen LogP contribution in [0.1, 0.15) is 36.2 Å². The van der Waals surface area contributed by atoms with Gasteiger partial charge in [0, 0.05) is 30.6 Å². The monoisotopic (exact) mass is 282 g/mol. The van der Waals surface area contributed by atoms with E-state index >= 15 is 0 Å². The number of carbonyl (C=O) groups excluding carboxylic acids is 1. The summed E-state index contributed by atoms with van der Waals surface area (Å²) < 4.78 is 1.85. The van der Waals surface area contributed by atoms with Crippen molar-refractivity contribution in [2.45, 2.75) is 43.5 Å². The number of amides is 1. The lowest BCUT2D eigenvalue weighted by molar-refractivity contribution is 0.0923. The first kappa shape index (κ1) is 14.4. The first-order chi connectivity index (χ1) is 9.22. The van der Waals surface area contributed by atoms with E-state index in [4.69, 9.17) is 5.73 Å². The minimum absolute atomic E-state index is 0.0663. The van der Waals surface area contributed by atoms with Gasteiger partial charge in [-0.15, -0.1) is 0 Å². The van der Waals surface area contributed by atoms with Crippen molar-refractivity contribution in [1.29, 1.82) is 0 Å². The molecule has 0 saturated heterocycles. The molecule has 1 amide bonds. The molecule has 0 bridgehead atoms. The summed E-state index contributed by atoms with van der Waals surface area (Å²) in [6, 6.07) is 0.301. The highest BCUT2D eigenvalue weighted by Gasteiger charge is 2.22. The van der Waals surface area contributed by atoms with Crippen LogP contribution in [0.4, 0.5) is 0 Å². The zero-order valence-corrected chi connectivity index (χ0v) is 12.2. The molecule has 0 aromatic carbocycles. The van der Waals surface area contributed by atoms with Gasteiger partial charge in [0.1, 0.15) is 5.69 Å². The number of nitrogens with zero attached hydrogens (tertiary/aromatic N) is 2. The van der Waals surface area contributed by atoms with Crippen LogP contribution in [-0.4, -0.2) is 39.6 Å². The molecule has 19 heavy (non-hydrogen) atoms. The number of nitrogens with two attached hydrogens (primary N) is 1. The molecular weight excluding hydrogens is 260 g/mol. The zero-order valence-electron chi connectivity index (χ0n) is 11.3. The Labute approximate surface area is 118 Å². The van der Waals surface area contributed by atoms with Gasteiger partial charge in [0.25, 0.3) is 5.91 Å². The highest BCUT2D eigenvalue weighted by molar-refractivity contribution is 7.99. The van der Waals surface area contributed by atoms with Crippen LogP contribution >= 0.6 is 11.8 Å². The summed E-state index contributed by atoms with van der Waals surface area (Å²) in [5, 5.41) is 3.84. The van der Waals surface area contributed by atoms with Crippen molar-refractivity contribution in [3.63, 3.8) is 0 Å². The van der Waals surface area contributed by atoms with Gasteiger partial charge in [0.05, 0.1) is 6.33 Å². The summed E-state index contributed by atoms with van der Waals surface area (Å²) in [5.41, 5.74) is 5.96. The van der Waals surface area contributed by atoms with Gasteiger partial charge in [-0.2, -0.15) is 11.8 Å². The smallest absolute Gasteiger partial charge is 0.271 e. The molecule has 1 aromatic rings. The number of hydrogen-bond acceptors (Lipinski definition) is 4. The Morgan fingerprint density at radius 3 is 2.89 bits per heavy atom. The first-order valence-electron chi connectivity index (χ1n) is 6.78. The maximum atomic E-state index is 12.1. The lowest BCUT2D eigenvalue weighted by Crippen LogP contribution is -2.38. The van der Waals surface area contributed by atoms with E-state index in [9.17, 15) is 4.79 Å². The number of carbonyl (C=O) groups is 1. The molecule has 1 aromatic heterocycles. The predicted molar refractivity (Wildman–Crippen MR) is 78.3 cm³/mol. The second-order valence-corrected chi connectivity index (χ2v) is 6.11. The van der Waals surface area contributed by atoms with Crippen LogP contribution in [0.15, 0.2) is 12.5 Å². The third-order valence-electron chi connectivity index (χ3n) is 3.60. The topological polar surface area (TPSA) is 72.9 Å². The van der Waals surface area contributed by atoms with Gasteiger partial charge >= 0.3 is 0 Å². The molecule has 0 atom stereocenters. The Hall–Kier alpha value is -1.01. The predicted octanol–water partition coefficient (Wildman–Crippen LogP) is 1.25. The molecule has 0 spiro atoms. The van der Waals surface area contributed by atoms with Crippen LogP contribution in [0.3, 0.4) is 0 Å². The molecule has 0 unspecified atom stereocenters. The number of thioether (sulfide) groups is 1. The average molecular weight is 282 g/mol. The Morgan fingerprint density at radius 1 is 1.53 bits per heavy atom. The molecule has 2 rings (SSSR count). The van der Waals surface area contributed by atoms with Gasteiger partial charge in [-0.1, -0.05) is 0 Å². The molecule has 3 N–H and O–H groups in total. The largest absolute Gasteiger partial charge is 0.348 e. The van der Waals surface area contributed by atoms with E-state index in [0.717, 1.165) is 18.1 Å². The number of hydrogen-bond donors (Lipinski definition) is 2. The van der Waals surface area contributed by atoms with E-state index in [0.29, 0.717) is 24.8 Å². The van der Waals surface area contributed by atoms with Gasteiger partial charge < -0.3 is 15.6 Å². The van der Waals surface area contributed by atoms with E-state index in [-0.39, 0.29) is 5.91 Å². The summed E-state index contributed by atoms with van der Waals surface area (Å²) >= 11 is 1.93. The van der Waals surface area contributed by atoms with Crippen molar-refractivity contribution < 1.29 is 4.79 Å². The number of rotatable bonds is 5. The molecule has 1 fully saturated rings. The number of nitrogens with one attached hydrogen (secondary N) is 1. The second-order valence-electron chi connectivity index (χ2n) is 4.97. The Morgan fingerprint density at radius 2 is 2.26 bits per heavy atom. The summed E-state index contributed by atoms with van der Waals surface area (Å²) in [6.07, 6.45) is 10.1. The Kier molecular flexibility index (Phi) is 5.27. The van der Waals surface area contributed by atoms with Gasteiger partial charge in [-0.05, 0) is 31.9 Å². The summed E-state index contributed by atoms with van der Waals surface area (Å²) in [4.78, 5) is 16.2. The third kappa shape index (κ3) is 3.98. The molecule has 6 heteroatoms. The van der Waals surface area contributed by atoms with Crippen LogP contribution in [0, 0.1) is 0 Å². The molecule has 0 aliphatic heterocycles. The average Bonchev–Trinajstić information content (AvgIpc) is 2.89. The van der Waals surface area contributed by atoms with Gasteiger partial charge in [0.15, 0.2) is 0 Å². The Balaban J connectivity index is 1.83. The zero-order chi connectivity index (χ0) is 13.7. The normalized spacial score (nSPS) is 23.3. The van der Waals surface area contributed by atoms with Crippen molar-refractivity contribution in [2.24, 2.45) is 5.73 Å². The van der Waals surface area contributed by atoms with Gasteiger partial charge in [-0.3, -0.25) is 4.79 Å². The van der Waals surface area contributed by atoms with E-state index in [2.05, 4.69) is 16.6 Å². The molecule has 1 saturated carbocycles. The molecule has 0 radical (unpaired) electrons. The first-order valence-corrected chi connectivity index (χ1v) is 8.07. The van der Waals surface area contributed by atoms with E-state index < -0.39 is 0 Å². The molecule has 1 aliphatic rings. The molecule has 1 aliphatic carbocycles. The SMILES string of the molecule is CSC1CCC(NC(=O)c2cn(CCN)cn2)CC1. The highest BCUT2D eigenvalue weighted by atomic mass is 32.2. The molecular formula is C13H22N4OS. The summed E-state index contributed by atoms with van der Waals surface area (Å²) in [5.74, 6) is -0.0663. The minimum Gasteiger partial charge on any atom is -0.348 e. The molecule has 5 nitrogen and oxygen atoms in total. The summed E-state index contributed by atoms with van der Waals surface area (Å²) in [7, 11) is 0. The highest BCUT2D eigenvalue weighted by Crippen LogP contribution is 2.26.